The van der Waals surface area contributed by atoms with Crippen LogP contribution in [0.3, 0.4) is 0 Å². The molecule has 6 rings (SSSR count). The lowest BCUT2D eigenvalue weighted by Crippen LogP contribution is -1.81. The molecule has 0 aliphatic rings. The summed E-state index contributed by atoms with van der Waals surface area (Å²) in [4.78, 5) is 38.4. The molecule has 0 aliphatic carbocycles. The fraction of sp³-hybridized carbons (Fsp3) is 0.324. The maximum absolute atomic E-state index is 11.8. The molecule has 14 heteroatoms. The Bertz CT molecular complexity index is 1030. The monoisotopic (exact) mass is 713 g/mol. The van der Waals surface area contributed by atoms with Gasteiger partial charge in [-0.2, -0.15) is 13.2 Å². The van der Waals surface area contributed by atoms with Crippen molar-refractivity contribution >= 4 is 0 Å². The van der Waals surface area contributed by atoms with Gasteiger partial charge in [0.25, 0.3) is 0 Å². The number of hydrogen-bond donors (Lipinski definition) is 0. The molecule has 0 aromatic carbocycles. The van der Waals surface area contributed by atoms with E-state index in [1.54, 1.807) is 61.7 Å². The molecule has 0 unspecified atom stereocenters. The van der Waals surface area contributed by atoms with Crippen molar-refractivity contribution in [1.29, 1.82) is 0 Å². The summed E-state index contributed by atoms with van der Waals surface area (Å²) in [6.45, 7) is 24.0. The third-order valence-electron chi connectivity index (χ3n) is 3.13. The van der Waals surface area contributed by atoms with E-state index < -0.39 is 18.0 Å². The van der Waals surface area contributed by atoms with E-state index in [2.05, 4.69) is 54.8 Å². The SMILES string of the molecule is CC.CC.CC.CC.CC.CC.Fc1ccncn1.Fc1cnccn1.Fc1ncccn1.c1ccncc1.c1cnccn1.c1cncnc1. The second-order valence-electron chi connectivity index (χ2n) is 5.90. The third-order valence-corrected chi connectivity index (χ3v) is 3.13. The van der Waals surface area contributed by atoms with Gasteiger partial charge in [0.2, 0.25) is 11.9 Å². The van der Waals surface area contributed by atoms with Crippen molar-refractivity contribution in [1.82, 2.24) is 54.8 Å². The van der Waals surface area contributed by atoms with E-state index in [1.807, 2.05) is 101 Å². The minimum Gasteiger partial charge on any atom is -0.265 e. The molecule has 51 heavy (non-hydrogen) atoms. The zero-order chi connectivity index (χ0) is 40.1. The Morgan fingerprint density at radius 3 is 0.902 bits per heavy atom. The van der Waals surface area contributed by atoms with Gasteiger partial charge in [-0.1, -0.05) is 89.2 Å². The first-order valence-electron chi connectivity index (χ1n) is 16.7. The Kier molecular flexibility index (Phi) is 71.2. The molecular formula is C37H58F3N11. The Balaban J connectivity index is -0.000000112. The number of rotatable bonds is 0. The Morgan fingerprint density at radius 1 is 0.314 bits per heavy atom. The van der Waals surface area contributed by atoms with Crippen LogP contribution in [0.2, 0.25) is 0 Å². The van der Waals surface area contributed by atoms with Gasteiger partial charge in [-0.05, 0) is 24.3 Å². The lowest BCUT2D eigenvalue weighted by atomic mass is 10.5. The molecule has 0 amide bonds. The Morgan fingerprint density at radius 2 is 0.725 bits per heavy atom. The zero-order valence-corrected chi connectivity index (χ0v) is 32.3. The van der Waals surface area contributed by atoms with E-state index in [4.69, 9.17) is 0 Å². The van der Waals surface area contributed by atoms with Crippen molar-refractivity contribution in [3.8, 4) is 0 Å². The zero-order valence-electron chi connectivity index (χ0n) is 32.3. The van der Waals surface area contributed by atoms with Crippen LogP contribution in [0.25, 0.3) is 0 Å². The van der Waals surface area contributed by atoms with Gasteiger partial charge in [-0.25, -0.2) is 34.9 Å². The number of nitrogens with zero attached hydrogens (tertiary/aromatic N) is 11. The van der Waals surface area contributed by atoms with Crippen molar-refractivity contribution in [2.75, 3.05) is 0 Å². The Labute approximate surface area is 304 Å². The molecule has 0 aliphatic heterocycles. The largest absolute Gasteiger partial charge is 0.308 e. The normalized spacial score (nSPS) is 7.12. The first kappa shape index (κ1) is 57.6. The van der Waals surface area contributed by atoms with Gasteiger partial charge in [0.1, 0.15) is 12.7 Å². The average molecular weight is 714 g/mol. The first-order chi connectivity index (χ1) is 25.2. The van der Waals surface area contributed by atoms with Gasteiger partial charge in [-0.3, -0.25) is 19.9 Å². The summed E-state index contributed by atoms with van der Waals surface area (Å²) in [5.74, 6) is -1.03. The van der Waals surface area contributed by atoms with Crippen LogP contribution in [0.1, 0.15) is 83.1 Å². The Hall–Kier alpha value is -5.66. The summed E-state index contributed by atoms with van der Waals surface area (Å²) in [5.41, 5.74) is 0. The molecule has 6 heterocycles. The van der Waals surface area contributed by atoms with Crippen LogP contribution < -0.4 is 0 Å². The van der Waals surface area contributed by atoms with E-state index in [0.717, 1.165) is 12.5 Å². The second-order valence-corrected chi connectivity index (χ2v) is 5.90. The van der Waals surface area contributed by atoms with E-state index in [0.29, 0.717) is 0 Å². The smallest absolute Gasteiger partial charge is 0.265 e. The minimum absolute atomic E-state index is 0.491. The topological polar surface area (TPSA) is 142 Å². The fourth-order valence-electron chi connectivity index (χ4n) is 1.66. The molecule has 282 valence electrons. The predicted octanol–water partition coefficient (Wildman–Crippen LogP) is 10.0. The van der Waals surface area contributed by atoms with Crippen LogP contribution in [-0.2, 0) is 0 Å². The van der Waals surface area contributed by atoms with Gasteiger partial charge >= 0.3 is 6.08 Å². The molecule has 0 saturated carbocycles. The molecule has 6 aromatic rings. The predicted molar refractivity (Wildman–Crippen MR) is 202 cm³/mol. The van der Waals surface area contributed by atoms with Crippen molar-refractivity contribution < 1.29 is 13.2 Å². The lowest BCUT2D eigenvalue weighted by Gasteiger charge is -1.77. The highest BCUT2D eigenvalue weighted by Gasteiger charge is 1.81. The summed E-state index contributed by atoms with van der Waals surface area (Å²) in [5, 5.41) is 0. The van der Waals surface area contributed by atoms with Gasteiger partial charge in [0, 0.05) is 86.6 Å². The van der Waals surface area contributed by atoms with Gasteiger partial charge < -0.3 is 0 Å². The summed E-state index contributed by atoms with van der Waals surface area (Å²) in [7, 11) is 0. The molecule has 0 saturated heterocycles. The maximum atomic E-state index is 11.8. The van der Waals surface area contributed by atoms with Crippen LogP contribution >= 0.6 is 0 Å². The molecule has 0 N–H and O–H groups in total. The molecule has 11 nitrogen and oxygen atoms in total. The van der Waals surface area contributed by atoms with Crippen molar-refractivity contribution in [2.45, 2.75) is 83.1 Å². The van der Waals surface area contributed by atoms with Crippen LogP contribution in [0, 0.1) is 18.0 Å². The fourth-order valence-corrected chi connectivity index (χ4v) is 1.66. The summed E-state index contributed by atoms with van der Waals surface area (Å²) in [6, 6.07) is 10.2. The number of halogens is 3. The summed E-state index contributed by atoms with van der Waals surface area (Å²) >= 11 is 0. The molecule has 0 spiro atoms. The third kappa shape index (κ3) is 60.2. The molecule has 6 aromatic heterocycles. The van der Waals surface area contributed by atoms with Gasteiger partial charge in [-0.15, -0.1) is 0 Å². The van der Waals surface area contributed by atoms with Crippen LogP contribution in [0.15, 0.2) is 136 Å². The number of pyridine rings is 1. The van der Waals surface area contributed by atoms with Crippen molar-refractivity contribution in [3.63, 3.8) is 0 Å². The van der Waals surface area contributed by atoms with E-state index >= 15 is 0 Å². The van der Waals surface area contributed by atoms with E-state index in [1.165, 1.54) is 43.4 Å². The van der Waals surface area contributed by atoms with E-state index in [9.17, 15) is 13.2 Å². The number of aromatic nitrogens is 11. The lowest BCUT2D eigenvalue weighted by molar-refractivity contribution is 0.538. The molecule has 0 fully saturated rings. The van der Waals surface area contributed by atoms with Crippen LogP contribution in [-0.4, -0.2) is 54.8 Å². The van der Waals surface area contributed by atoms with Gasteiger partial charge in [0.15, 0.2) is 0 Å². The maximum Gasteiger partial charge on any atom is 0.308 e. The number of hydrogen-bond acceptors (Lipinski definition) is 11. The quantitative estimate of drug-likeness (QED) is 0.110. The highest BCUT2D eigenvalue weighted by atomic mass is 19.1. The van der Waals surface area contributed by atoms with Gasteiger partial charge in [0.05, 0.1) is 6.20 Å². The molecular weight excluding hydrogens is 655 g/mol. The highest BCUT2D eigenvalue weighted by molar-refractivity contribution is 4.88. The van der Waals surface area contributed by atoms with Crippen molar-refractivity contribution in [2.24, 2.45) is 0 Å². The summed E-state index contributed by atoms with van der Waals surface area (Å²) in [6.07, 6.45) is 23.2. The molecule has 0 bridgehead atoms. The van der Waals surface area contributed by atoms with E-state index in [-0.39, 0.29) is 0 Å². The molecule has 0 atom stereocenters. The highest BCUT2D eigenvalue weighted by Crippen LogP contribution is 1.83. The summed E-state index contributed by atoms with van der Waals surface area (Å²) < 4.78 is 35.2. The second kappa shape index (κ2) is 63.1. The van der Waals surface area contributed by atoms with Crippen molar-refractivity contribution in [3.05, 3.63) is 154 Å². The van der Waals surface area contributed by atoms with Crippen LogP contribution in [0.4, 0.5) is 13.2 Å². The first-order valence-corrected chi connectivity index (χ1v) is 16.7. The van der Waals surface area contributed by atoms with Crippen LogP contribution in [0.5, 0.6) is 0 Å². The minimum atomic E-state index is -0.678. The standard InChI is InChI=1S/C5H5N.3C4H3FN2.2C4H4N2.6C2H6/c1-2-4-6-5-3-1;5-4-3-6-1-2-7-4;5-4-1-2-6-3-7-4;5-4-6-2-1-3-7-4;1-2-6-4-3-5-1;1-2-5-4-6-3-1;6*1-2/h1-5H;3*1-3H;2*1-4H;6*1-2H3. The average Bonchev–Trinajstić information content (AvgIpc) is 3.26. The molecule has 0 radical (unpaired) electrons.